The fourth-order valence-corrected chi connectivity index (χ4v) is 11.1. The van der Waals surface area contributed by atoms with E-state index in [1.165, 1.54) is 0 Å². The highest BCUT2D eigenvalue weighted by Gasteiger charge is 2.73. The maximum absolute atomic E-state index is 12.9. The molecule has 0 aromatic carbocycles. The molecule has 5 N–H and O–H groups in total. The highest BCUT2D eigenvalue weighted by atomic mass is 16.4. The molecule has 4 saturated carbocycles. The molecule has 0 aromatic heterocycles. The molecule has 0 spiro atoms. The minimum absolute atomic E-state index is 0.146. The number of allylic oxidation sites excluding steroid dienone is 1. The molecule has 0 saturated heterocycles. The molecule has 6 nitrogen and oxygen atoms in total. The number of hydrogen-bond acceptors (Lipinski definition) is 5. The third kappa shape index (κ3) is 2.85. The van der Waals surface area contributed by atoms with Gasteiger partial charge in [-0.2, -0.15) is 0 Å². The molecule has 204 valence electrons. The molecule has 0 aliphatic heterocycles. The largest absolute Gasteiger partial charge is 0.481 e. The third-order valence-electron chi connectivity index (χ3n) is 13.5. The van der Waals surface area contributed by atoms with Gasteiger partial charge < -0.3 is 25.5 Å². The first kappa shape index (κ1) is 26.6. The Morgan fingerprint density at radius 3 is 2.22 bits per heavy atom. The van der Waals surface area contributed by atoms with Gasteiger partial charge in [0, 0.05) is 5.92 Å². The van der Waals surface area contributed by atoms with Crippen LogP contribution >= 0.6 is 0 Å². The molecule has 4 fully saturated rings. The van der Waals surface area contributed by atoms with E-state index < -0.39 is 46.6 Å². The van der Waals surface area contributed by atoms with E-state index in [4.69, 9.17) is 0 Å². The van der Waals surface area contributed by atoms with Crippen LogP contribution in [0.3, 0.4) is 0 Å². The highest BCUT2D eigenvalue weighted by molar-refractivity contribution is 5.78. The lowest BCUT2D eigenvalue weighted by atomic mass is 9.32. The van der Waals surface area contributed by atoms with E-state index in [9.17, 15) is 30.3 Å². The van der Waals surface area contributed by atoms with Crippen molar-refractivity contribution < 1.29 is 30.3 Å². The standard InChI is InChI=1S/C30H48O6/c1-16-14-21(32)30(24(34)35)13-12-27(5)17(22(30)29(16,7)36)8-9-20-26(4)15-18(31)23(33)25(2,3)19(26)10-11-28(20,27)6/h8,16,18-23,31-33,36H,9-15H2,1-7H3,(H,34,35)/t16-,18?,19+,20-,21?,22-,23?,26+,27-,28-,29-,30-/m1/s1. The summed E-state index contributed by atoms with van der Waals surface area (Å²) < 4.78 is 0. The lowest BCUT2D eigenvalue weighted by Crippen LogP contribution is -2.70. The van der Waals surface area contributed by atoms with Crippen molar-refractivity contribution in [2.24, 2.45) is 50.7 Å². The van der Waals surface area contributed by atoms with E-state index >= 15 is 0 Å². The molecular weight excluding hydrogens is 456 g/mol. The van der Waals surface area contributed by atoms with Crippen molar-refractivity contribution >= 4 is 5.97 Å². The molecule has 0 bridgehead atoms. The van der Waals surface area contributed by atoms with Crippen LogP contribution in [0.1, 0.15) is 93.4 Å². The summed E-state index contributed by atoms with van der Waals surface area (Å²) in [7, 11) is 0. The zero-order chi connectivity index (χ0) is 26.9. The van der Waals surface area contributed by atoms with E-state index in [-0.39, 0.29) is 40.4 Å². The van der Waals surface area contributed by atoms with Gasteiger partial charge in [-0.3, -0.25) is 4.79 Å². The molecule has 12 atom stereocenters. The first-order valence-corrected chi connectivity index (χ1v) is 14.1. The van der Waals surface area contributed by atoms with Gasteiger partial charge in [0.1, 0.15) is 5.41 Å². The summed E-state index contributed by atoms with van der Waals surface area (Å²) in [4.78, 5) is 12.9. The summed E-state index contributed by atoms with van der Waals surface area (Å²) >= 11 is 0. The number of fused-ring (bicyclic) bond motifs is 7. The van der Waals surface area contributed by atoms with Crippen molar-refractivity contribution in [2.45, 2.75) is 117 Å². The summed E-state index contributed by atoms with van der Waals surface area (Å²) in [6.45, 7) is 14.9. The first-order chi connectivity index (χ1) is 16.4. The number of rotatable bonds is 1. The average molecular weight is 505 g/mol. The number of aliphatic hydroxyl groups excluding tert-OH is 3. The van der Waals surface area contributed by atoms with E-state index in [2.05, 4.69) is 40.7 Å². The quantitative estimate of drug-likeness (QED) is 0.343. The summed E-state index contributed by atoms with van der Waals surface area (Å²) in [5.41, 5.74) is -2.60. The lowest BCUT2D eigenvalue weighted by molar-refractivity contribution is -0.244. The Labute approximate surface area is 216 Å². The predicted octanol–water partition coefficient (Wildman–Crippen LogP) is 4.15. The molecule has 0 amide bonds. The van der Waals surface area contributed by atoms with Gasteiger partial charge >= 0.3 is 5.97 Å². The van der Waals surface area contributed by atoms with Gasteiger partial charge in [-0.25, -0.2) is 0 Å². The van der Waals surface area contributed by atoms with Gasteiger partial charge in [0.2, 0.25) is 0 Å². The molecule has 0 aromatic rings. The van der Waals surface area contributed by atoms with Crippen molar-refractivity contribution in [3.05, 3.63) is 11.6 Å². The Balaban J connectivity index is 1.66. The summed E-state index contributed by atoms with van der Waals surface area (Å²) in [6.07, 6.45) is 4.27. The fraction of sp³-hybridized carbons (Fsp3) is 0.900. The molecule has 3 unspecified atom stereocenters. The molecule has 0 radical (unpaired) electrons. The van der Waals surface area contributed by atoms with Gasteiger partial charge in [0.05, 0.1) is 23.9 Å². The van der Waals surface area contributed by atoms with Crippen LogP contribution in [-0.4, -0.2) is 55.4 Å². The van der Waals surface area contributed by atoms with Gasteiger partial charge in [-0.15, -0.1) is 0 Å². The summed E-state index contributed by atoms with van der Waals surface area (Å²) in [5, 5.41) is 55.6. The minimum Gasteiger partial charge on any atom is -0.481 e. The van der Waals surface area contributed by atoms with Crippen molar-refractivity contribution in [3.63, 3.8) is 0 Å². The molecule has 5 rings (SSSR count). The van der Waals surface area contributed by atoms with Gasteiger partial charge in [-0.05, 0) is 91.3 Å². The summed E-state index contributed by atoms with van der Waals surface area (Å²) in [6, 6.07) is 0. The third-order valence-corrected chi connectivity index (χ3v) is 13.5. The fourth-order valence-electron chi connectivity index (χ4n) is 11.1. The number of carbonyl (C=O) groups is 1. The van der Waals surface area contributed by atoms with Crippen molar-refractivity contribution in [1.29, 1.82) is 0 Å². The molecule has 0 heterocycles. The van der Waals surface area contributed by atoms with Crippen LogP contribution in [0.15, 0.2) is 11.6 Å². The topological polar surface area (TPSA) is 118 Å². The van der Waals surface area contributed by atoms with Crippen LogP contribution in [0.25, 0.3) is 0 Å². The second-order valence-electron chi connectivity index (χ2n) is 15.0. The number of hydrogen-bond donors (Lipinski definition) is 5. The minimum atomic E-state index is -1.38. The number of carboxylic acid groups (broad SMARTS) is 1. The number of aliphatic carboxylic acids is 1. The Morgan fingerprint density at radius 2 is 1.61 bits per heavy atom. The van der Waals surface area contributed by atoms with Crippen LogP contribution in [0, 0.1) is 50.7 Å². The Morgan fingerprint density at radius 1 is 0.972 bits per heavy atom. The van der Waals surface area contributed by atoms with E-state index in [1.54, 1.807) is 6.92 Å². The smallest absolute Gasteiger partial charge is 0.313 e. The van der Waals surface area contributed by atoms with Crippen LogP contribution in [0.4, 0.5) is 0 Å². The van der Waals surface area contributed by atoms with Gasteiger partial charge in [-0.1, -0.05) is 53.2 Å². The van der Waals surface area contributed by atoms with Crippen LogP contribution in [0.2, 0.25) is 0 Å². The van der Waals surface area contributed by atoms with Gasteiger partial charge in [0.15, 0.2) is 0 Å². The molecular formula is C30H48O6. The SMILES string of the molecule is C[C@@H]1CC(O)[C@]2(C(=O)O)CC[C@]3(C)C(=CC[C@@H]4[C@@]5(C)CC(O)C(O)C(C)(C)[C@@H]5CC[C@]43C)[C@@H]2[C@]1(C)O. The molecule has 36 heavy (non-hydrogen) atoms. The number of aliphatic hydroxyl groups is 4. The lowest BCUT2D eigenvalue weighted by Gasteiger charge is -2.72. The Kier molecular flexibility index (Phi) is 5.61. The molecule has 5 aliphatic rings. The molecule has 6 heteroatoms. The van der Waals surface area contributed by atoms with Crippen molar-refractivity contribution in [1.82, 2.24) is 0 Å². The first-order valence-electron chi connectivity index (χ1n) is 14.1. The zero-order valence-electron chi connectivity index (χ0n) is 23.2. The maximum atomic E-state index is 12.9. The molecule has 5 aliphatic carbocycles. The van der Waals surface area contributed by atoms with Crippen LogP contribution < -0.4 is 0 Å². The highest BCUT2D eigenvalue weighted by Crippen LogP contribution is 2.76. The second-order valence-corrected chi connectivity index (χ2v) is 15.0. The Bertz CT molecular complexity index is 986. The van der Waals surface area contributed by atoms with Crippen molar-refractivity contribution in [2.75, 3.05) is 0 Å². The predicted molar refractivity (Wildman–Crippen MR) is 137 cm³/mol. The monoisotopic (exact) mass is 504 g/mol. The average Bonchev–Trinajstić information content (AvgIpc) is 2.76. The number of carboxylic acids is 1. The zero-order valence-corrected chi connectivity index (χ0v) is 23.2. The second kappa shape index (κ2) is 7.58. The normalized spacial score (nSPS) is 58.0. The summed E-state index contributed by atoms with van der Waals surface area (Å²) in [5.74, 6) is -1.31. The van der Waals surface area contributed by atoms with Crippen molar-refractivity contribution in [3.8, 4) is 0 Å². The van der Waals surface area contributed by atoms with E-state index in [0.717, 1.165) is 24.8 Å². The van der Waals surface area contributed by atoms with Crippen LogP contribution in [0.5, 0.6) is 0 Å². The van der Waals surface area contributed by atoms with E-state index in [0.29, 0.717) is 19.3 Å². The van der Waals surface area contributed by atoms with Crippen LogP contribution in [-0.2, 0) is 4.79 Å². The Hall–Kier alpha value is -0.950. The van der Waals surface area contributed by atoms with Gasteiger partial charge in [0.25, 0.3) is 0 Å². The maximum Gasteiger partial charge on any atom is 0.313 e. The van der Waals surface area contributed by atoms with E-state index in [1.807, 2.05) is 6.92 Å².